The number of hydrogen-bond acceptors (Lipinski definition) is 1. The molecule has 0 heterocycles. The molecule has 3 aromatic rings. The van der Waals surface area contributed by atoms with Crippen molar-refractivity contribution in [3.05, 3.63) is 59.1 Å². The highest BCUT2D eigenvalue weighted by Crippen LogP contribution is 2.33. The Kier molecular flexibility index (Phi) is 2.57. The van der Waals surface area contributed by atoms with Crippen LogP contribution < -0.4 is 0 Å². The predicted octanol–water partition coefficient (Wildman–Crippen LogP) is 4.85. The molecule has 3 aromatic carbocycles. The zero-order valence-electron chi connectivity index (χ0n) is 9.91. The van der Waals surface area contributed by atoms with Crippen molar-refractivity contribution >= 4 is 38.9 Å². The predicted molar refractivity (Wildman–Crippen MR) is 76.5 cm³/mol. The van der Waals surface area contributed by atoms with Gasteiger partial charge in [-0.2, -0.15) is 0 Å². The fourth-order valence-corrected chi connectivity index (χ4v) is 2.67. The van der Waals surface area contributed by atoms with Crippen LogP contribution in [0.25, 0.3) is 21.5 Å². The number of rotatable bonds is 1. The monoisotopic (exact) mass is 254 g/mol. The molecule has 3 rings (SSSR count). The van der Waals surface area contributed by atoms with Crippen LogP contribution in [0.1, 0.15) is 17.3 Å². The van der Waals surface area contributed by atoms with E-state index in [1.54, 1.807) is 6.92 Å². The van der Waals surface area contributed by atoms with E-state index < -0.39 is 0 Å². The van der Waals surface area contributed by atoms with Gasteiger partial charge < -0.3 is 0 Å². The van der Waals surface area contributed by atoms with Crippen LogP contribution in [0.3, 0.4) is 0 Å². The van der Waals surface area contributed by atoms with Crippen LogP contribution in [-0.4, -0.2) is 5.78 Å². The average Bonchev–Trinajstić information content (AvgIpc) is 2.38. The van der Waals surface area contributed by atoms with Crippen LogP contribution in [0.2, 0.25) is 5.02 Å². The second kappa shape index (κ2) is 4.11. The van der Waals surface area contributed by atoms with Gasteiger partial charge in [-0.3, -0.25) is 4.79 Å². The van der Waals surface area contributed by atoms with E-state index in [9.17, 15) is 4.79 Å². The SMILES string of the molecule is CC(=O)c1cccc2c(Cl)cc3ccccc3c12. The van der Waals surface area contributed by atoms with Gasteiger partial charge >= 0.3 is 0 Å². The van der Waals surface area contributed by atoms with Gasteiger partial charge in [0.1, 0.15) is 0 Å². The van der Waals surface area contributed by atoms with Crippen molar-refractivity contribution in [2.75, 3.05) is 0 Å². The van der Waals surface area contributed by atoms with E-state index in [4.69, 9.17) is 11.6 Å². The minimum Gasteiger partial charge on any atom is -0.294 e. The number of fused-ring (bicyclic) bond motifs is 3. The Bertz CT molecular complexity index is 774. The van der Waals surface area contributed by atoms with Gasteiger partial charge in [0.05, 0.1) is 0 Å². The van der Waals surface area contributed by atoms with Gasteiger partial charge in [0, 0.05) is 21.4 Å². The lowest BCUT2D eigenvalue weighted by molar-refractivity contribution is 0.101. The quantitative estimate of drug-likeness (QED) is 0.448. The molecule has 1 nitrogen and oxygen atoms in total. The summed E-state index contributed by atoms with van der Waals surface area (Å²) in [4.78, 5) is 11.8. The van der Waals surface area contributed by atoms with Gasteiger partial charge in [0.2, 0.25) is 0 Å². The van der Waals surface area contributed by atoms with Gasteiger partial charge in [0.15, 0.2) is 5.78 Å². The molecule has 0 saturated carbocycles. The topological polar surface area (TPSA) is 17.1 Å². The maximum absolute atomic E-state index is 11.8. The standard InChI is InChI=1S/C16H11ClO/c1-10(18)12-7-4-8-14-15(17)9-11-5-2-3-6-13(11)16(12)14/h2-9H,1H3. The molecule has 88 valence electrons. The summed E-state index contributed by atoms with van der Waals surface area (Å²) >= 11 is 6.30. The smallest absolute Gasteiger partial charge is 0.160 e. The third-order valence-corrected chi connectivity index (χ3v) is 3.53. The molecule has 0 N–H and O–H groups in total. The Hall–Kier alpha value is -1.86. The summed E-state index contributed by atoms with van der Waals surface area (Å²) < 4.78 is 0. The number of carbonyl (C=O) groups excluding carboxylic acids is 1. The van der Waals surface area contributed by atoms with Crippen LogP contribution in [0.4, 0.5) is 0 Å². The minimum absolute atomic E-state index is 0.0630. The summed E-state index contributed by atoms with van der Waals surface area (Å²) in [5.74, 6) is 0.0630. The number of hydrogen-bond donors (Lipinski definition) is 0. The van der Waals surface area contributed by atoms with Gasteiger partial charge in [0.25, 0.3) is 0 Å². The maximum atomic E-state index is 11.8. The summed E-state index contributed by atoms with van der Waals surface area (Å²) in [6.45, 7) is 1.59. The number of ketones is 1. The molecule has 0 aromatic heterocycles. The first kappa shape index (κ1) is 11.2. The first-order valence-corrected chi connectivity index (χ1v) is 6.17. The normalized spacial score (nSPS) is 11.0. The summed E-state index contributed by atoms with van der Waals surface area (Å²) in [5, 5.41) is 4.70. The van der Waals surface area contributed by atoms with Crippen LogP contribution >= 0.6 is 11.6 Å². The fraction of sp³-hybridized carbons (Fsp3) is 0.0625. The van der Waals surface area contributed by atoms with E-state index in [0.29, 0.717) is 5.02 Å². The highest BCUT2D eigenvalue weighted by atomic mass is 35.5. The lowest BCUT2D eigenvalue weighted by Crippen LogP contribution is -1.94. The molecule has 0 aliphatic carbocycles. The zero-order valence-corrected chi connectivity index (χ0v) is 10.7. The Balaban J connectivity index is 2.64. The van der Waals surface area contributed by atoms with E-state index >= 15 is 0 Å². The molecule has 0 aliphatic heterocycles. The average molecular weight is 255 g/mol. The second-order valence-corrected chi connectivity index (χ2v) is 4.77. The van der Waals surface area contributed by atoms with Crippen molar-refractivity contribution in [2.45, 2.75) is 6.92 Å². The third-order valence-electron chi connectivity index (χ3n) is 3.21. The van der Waals surface area contributed by atoms with Crippen molar-refractivity contribution in [3.63, 3.8) is 0 Å². The Morgan fingerprint density at radius 3 is 2.50 bits per heavy atom. The lowest BCUT2D eigenvalue weighted by Gasteiger charge is -2.09. The number of Topliss-reactive ketones (excluding diaryl/α,β-unsaturated/α-hetero) is 1. The first-order valence-electron chi connectivity index (χ1n) is 5.79. The van der Waals surface area contributed by atoms with Crippen LogP contribution in [0.5, 0.6) is 0 Å². The highest BCUT2D eigenvalue weighted by molar-refractivity contribution is 6.38. The second-order valence-electron chi connectivity index (χ2n) is 4.36. The summed E-state index contributed by atoms with van der Waals surface area (Å²) in [5.41, 5.74) is 0.728. The summed E-state index contributed by atoms with van der Waals surface area (Å²) in [6, 6.07) is 15.6. The van der Waals surface area contributed by atoms with E-state index in [0.717, 1.165) is 27.1 Å². The summed E-state index contributed by atoms with van der Waals surface area (Å²) in [6.07, 6.45) is 0. The van der Waals surface area contributed by atoms with E-state index in [-0.39, 0.29) is 5.78 Å². The maximum Gasteiger partial charge on any atom is 0.160 e. The van der Waals surface area contributed by atoms with Crippen molar-refractivity contribution in [1.29, 1.82) is 0 Å². The molecule has 0 atom stereocenters. The molecular weight excluding hydrogens is 244 g/mol. The summed E-state index contributed by atoms with van der Waals surface area (Å²) in [7, 11) is 0. The molecular formula is C16H11ClO. The molecule has 0 saturated heterocycles. The van der Waals surface area contributed by atoms with E-state index in [2.05, 4.69) is 0 Å². The van der Waals surface area contributed by atoms with E-state index in [1.165, 1.54) is 0 Å². The molecule has 0 aliphatic rings. The van der Waals surface area contributed by atoms with Crippen molar-refractivity contribution in [2.24, 2.45) is 0 Å². The van der Waals surface area contributed by atoms with Crippen LogP contribution in [-0.2, 0) is 0 Å². The molecule has 18 heavy (non-hydrogen) atoms. The Morgan fingerprint density at radius 2 is 1.72 bits per heavy atom. The Morgan fingerprint density at radius 1 is 1.00 bits per heavy atom. The van der Waals surface area contributed by atoms with E-state index in [1.807, 2.05) is 48.5 Å². The van der Waals surface area contributed by atoms with Gasteiger partial charge in [-0.1, -0.05) is 54.1 Å². The number of carbonyl (C=O) groups is 1. The third kappa shape index (κ3) is 1.59. The van der Waals surface area contributed by atoms with Gasteiger partial charge in [-0.05, 0) is 23.8 Å². The van der Waals surface area contributed by atoms with Crippen LogP contribution in [0.15, 0.2) is 48.5 Å². The van der Waals surface area contributed by atoms with Crippen LogP contribution in [0, 0.1) is 0 Å². The number of halogens is 1. The van der Waals surface area contributed by atoms with Gasteiger partial charge in [-0.15, -0.1) is 0 Å². The molecule has 0 radical (unpaired) electrons. The molecule has 0 spiro atoms. The van der Waals surface area contributed by atoms with Crippen molar-refractivity contribution < 1.29 is 4.79 Å². The first-order chi connectivity index (χ1) is 8.68. The number of benzene rings is 3. The lowest BCUT2D eigenvalue weighted by atomic mass is 9.96. The Labute approximate surface area is 110 Å². The zero-order chi connectivity index (χ0) is 12.7. The van der Waals surface area contributed by atoms with Crippen molar-refractivity contribution in [3.8, 4) is 0 Å². The molecule has 0 unspecified atom stereocenters. The molecule has 0 fully saturated rings. The molecule has 0 bridgehead atoms. The van der Waals surface area contributed by atoms with Crippen molar-refractivity contribution in [1.82, 2.24) is 0 Å². The molecule has 0 amide bonds. The largest absolute Gasteiger partial charge is 0.294 e. The molecule has 2 heteroatoms. The fourth-order valence-electron chi connectivity index (χ4n) is 2.40. The van der Waals surface area contributed by atoms with Gasteiger partial charge in [-0.25, -0.2) is 0 Å². The minimum atomic E-state index is 0.0630. The highest BCUT2D eigenvalue weighted by Gasteiger charge is 2.11.